The molecular formula is C46H67N13O12. The van der Waals surface area contributed by atoms with E-state index in [1.165, 1.54) is 36.8 Å². The van der Waals surface area contributed by atoms with Crippen molar-refractivity contribution < 1.29 is 57.8 Å². The smallest absolute Gasteiger partial charge is 0.243 e. The summed E-state index contributed by atoms with van der Waals surface area (Å²) in [6, 6.07) is -2.27. The maximum atomic E-state index is 14.2. The van der Waals surface area contributed by atoms with Gasteiger partial charge >= 0.3 is 0 Å². The van der Waals surface area contributed by atoms with E-state index >= 15 is 0 Å². The molecule has 15 N–H and O–H groups in total. The van der Waals surface area contributed by atoms with E-state index in [9.17, 15) is 57.8 Å². The van der Waals surface area contributed by atoms with Gasteiger partial charge in [-0.3, -0.25) is 52.7 Å². The van der Waals surface area contributed by atoms with Crippen LogP contribution in [0.2, 0.25) is 0 Å². The number of benzene rings is 1. The van der Waals surface area contributed by atoms with E-state index in [1.807, 2.05) is 13.8 Å². The van der Waals surface area contributed by atoms with Gasteiger partial charge in [0.1, 0.15) is 42.0 Å². The first-order valence-corrected chi connectivity index (χ1v) is 23.6. The summed E-state index contributed by atoms with van der Waals surface area (Å²) in [5, 5.41) is 33.0. The Hall–Kier alpha value is -7.60. The Kier molecular flexibility index (Phi) is 21.3. The largest absolute Gasteiger partial charge is 0.508 e. The lowest BCUT2D eigenvalue weighted by Crippen LogP contribution is -2.61. The minimum absolute atomic E-state index is 0.00744. The van der Waals surface area contributed by atoms with Crippen molar-refractivity contribution in [2.45, 2.75) is 122 Å². The molecule has 2 aliphatic rings. The average Bonchev–Trinajstić information content (AvgIpc) is 3.91. The minimum atomic E-state index is -1.70. The number of carbonyl (C=O) groups excluding carboxylic acids is 11. The predicted octanol–water partition coefficient (Wildman–Crippen LogP) is -3.57. The Morgan fingerprint density at radius 2 is 1.45 bits per heavy atom. The second-order valence-electron chi connectivity index (χ2n) is 18.4. The molecule has 1 aliphatic heterocycles. The predicted molar refractivity (Wildman–Crippen MR) is 252 cm³/mol. The third kappa shape index (κ3) is 18.7. The molecule has 2 aromatic rings. The Balaban J connectivity index is 1.57. The van der Waals surface area contributed by atoms with Gasteiger partial charge in [-0.25, -0.2) is 4.98 Å². The van der Waals surface area contributed by atoms with Gasteiger partial charge < -0.3 is 69.4 Å². The van der Waals surface area contributed by atoms with Crippen LogP contribution in [-0.2, 0) is 65.6 Å². The summed E-state index contributed by atoms with van der Waals surface area (Å²) in [6.07, 6.45) is 2.30. The lowest BCUT2D eigenvalue weighted by molar-refractivity contribution is -0.136. The Bertz CT molecular complexity index is 2240. The number of hydrogen-bond donors (Lipinski definition) is 13. The number of amides is 11. The summed E-state index contributed by atoms with van der Waals surface area (Å²) in [7, 11) is 0. The SMILES string of the molecule is CCC(C)C1NC(=O)C(Cc2ccc(O)cc2)NC(=O)CNC(=O)CCC(C(=O)NCCC2CC2C(=O)NC(CC(C)C)C(=O)NCC(N)=O)NC(=O)C(CC(N)=O)NC(=O)C(Cc2cnc[nH]2)NC1=O. The molecule has 25 heteroatoms. The molecule has 9 atom stereocenters. The van der Waals surface area contributed by atoms with Crippen LogP contribution in [0.4, 0.5) is 0 Å². The highest BCUT2D eigenvalue weighted by atomic mass is 16.3. The van der Waals surface area contributed by atoms with E-state index in [4.69, 9.17) is 11.5 Å². The zero-order chi connectivity index (χ0) is 52.4. The fraction of sp³-hybridized carbons (Fsp3) is 0.565. The van der Waals surface area contributed by atoms with Crippen molar-refractivity contribution >= 4 is 65.0 Å². The van der Waals surface area contributed by atoms with Crippen molar-refractivity contribution in [3.63, 3.8) is 0 Å². The highest BCUT2D eigenvalue weighted by Crippen LogP contribution is 2.41. The highest BCUT2D eigenvalue weighted by molar-refractivity contribution is 5.98. The molecule has 11 amide bonds. The minimum Gasteiger partial charge on any atom is -0.508 e. The first-order valence-electron chi connectivity index (χ1n) is 23.6. The van der Waals surface area contributed by atoms with Gasteiger partial charge in [-0.2, -0.15) is 0 Å². The van der Waals surface area contributed by atoms with Crippen LogP contribution in [0.1, 0.15) is 83.9 Å². The molecule has 388 valence electrons. The topological polar surface area (TPSA) is 397 Å². The number of nitrogens with two attached hydrogens (primary N) is 2. The Labute approximate surface area is 410 Å². The van der Waals surface area contributed by atoms with Crippen molar-refractivity contribution in [3.8, 4) is 5.75 Å². The number of H-pyrrole nitrogens is 1. The molecule has 25 nitrogen and oxygen atoms in total. The Morgan fingerprint density at radius 3 is 2.08 bits per heavy atom. The molecule has 4 rings (SSSR count). The number of carbonyl (C=O) groups is 11. The van der Waals surface area contributed by atoms with Gasteiger partial charge in [0.25, 0.3) is 0 Å². The molecular weight excluding hydrogens is 927 g/mol. The molecule has 2 heterocycles. The normalized spacial score (nSPS) is 23.5. The lowest BCUT2D eigenvalue weighted by atomic mass is 9.96. The van der Waals surface area contributed by atoms with Gasteiger partial charge in [-0.15, -0.1) is 0 Å². The van der Waals surface area contributed by atoms with E-state index in [1.54, 1.807) is 13.8 Å². The van der Waals surface area contributed by atoms with Crippen LogP contribution < -0.4 is 59.3 Å². The number of phenols is 1. The molecule has 1 saturated heterocycles. The number of rotatable bonds is 19. The number of aromatic hydroxyl groups is 1. The van der Waals surface area contributed by atoms with Gasteiger partial charge in [0.2, 0.25) is 65.0 Å². The zero-order valence-electron chi connectivity index (χ0n) is 40.3. The summed E-state index contributed by atoms with van der Waals surface area (Å²) >= 11 is 0. The number of phenolic OH excluding ortho intramolecular Hbond substituents is 1. The Morgan fingerprint density at radius 1 is 0.789 bits per heavy atom. The third-order valence-electron chi connectivity index (χ3n) is 12.1. The summed E-state index contributed by atoms with van der Waals surface area (Å²) in [5.74, 6) is -9.82. The average molecular weight is 994 g/mol. The van der Waals surface area contributed by atoms with Crippen LogP contribution in [0.15, 0.2) is 36.8 Å². The van der Waals surface area contributed by atoms with Crippen molar-refractivity contribution in [1.29, 1.82) is 0 Å². The van der Waals surface area contributed by atoms with Crippen LogP contribution in [-0.4, -0.2) is 136 Å². The quantitative estimate of drug-likeness (QED) is 0.0649. The van der Waals surface area contributed by atoms with Crippen LogP contribution in [0.5, 0.6) is 5.75 Å². The molecule has 0 radical (unpaired) electrons. The fourth-order valence-electron chi connectivity index (χ4n) is 7.80. The van der Waals surface area contributed by atoms with Gasteiger partial charge in [-0.05, 0) is 61.1 Å². The van der Waals surface area contributed by atoms with E-state index in [2.05, 4.69) is 57.8 Å². The summed E-state index contributed by atoms with van der Waals surface area (Å²) in [6.45, 7) is 6.18. The maximum Gasteiger partial charge on any atom is 0.243 e. The maximum absolute atomic E-state index is 14.2. The molecule has 2 fully saturated rings. The molecule has 1 aliphatic carbocycles. The second-order valence-corrected chi connectivity index (χ2v) is 18.4. The third-order valence-corrected chi connectivity index (χ3v) is 12.1. The molecule has 0 spiro atoms. The first kappa shape index (κ1) is 56.0. The van der Waals surface area contributed by atoms with E-state index in [0.717, 1.165) is 0 Å². The zero-order valence-corrected chi connectivity index (χ0v) is 40.3. The van der Waals surface area contributed by atoms with Gasteiger partial charge in [-0.1, -0.05) is 46.2 Å². The van der Waals surface area contributed by atoms with Crippen LogP contribution >= 0.6 is 0 Å². The number of imidazole rings is 1. The number of hydrogen-bond acceptors (Lipinski definition) is 13. The number of nitrogens with one attached hydrogen (secondary N) is 10. The molecule has 1 saturated carbocycles. The lowest BCUT2D eigenvalue weighted by Gasteiger charge is -2.29. The van der Waals surface area contributed by atoms with Crippen LogP contribution in [0, 0.1) is 23.7 Å². The second kappa shape index (κ2) is 27.0. The van der Waals surface area contributed by atoms with Gasteiger partial charge in [0, 0.05) is 43.6 Å². The molecule has 71 heavy (non-hydrogen) atoms. The van der Waals surface area contributed by atoms with Gasteiger partial charge in [0.15, 0.2) is 0 Å². The molecule has 1 aromatic heterocycles. The molecule has 9 unspecified atom stereocenters. The summed E-state index contributed by atoms with van der Waals surface area (Å²) in [5.41, 5.74) is 11.6. The molecule has 1 aromatic carbocycles. The number of aromatic nitrogens is 2. The van der Waals surface area contributed by atoms with Gasteiger partial charge in [0.05, 0.1) is 25.8 Å². The monoisotopic (exact) mass is 994 g/mol. The first-order chi connectivity index (χ1) is 33.6. The number of aromatic amines is 1. The van der Waals surface area contributed by atoms with Crippen molar-refractivity contribution in [2.24, 2.45) is 35.1 Å². The van der Waals surface area contributed by atoms with Crippen molar-refractivity contribution in [3.05, 3.63) is 48.0 Å². The van der Waals surface area contributed by atoms with Crippen LogP contribution in [0.3, 0.4) is 0 Å². The van der Waals surface area contributed by atoms with Crippen molar-refractivity contribution in [1.82, 2.24) is 57.8 Å². The molecule has 0 bridgehead atoms. The van der Waals surface area contributed by atoms with E-state index < -0.39 is 133 Å². The summed E-state index contributed by atoms with van der Waals surface area (Å²) < 4.78 is 0. The summed E-state index contributed by atoms with van der Waals surface area (Å²) in [4.78, 5) is 153. The van der Waals surface area contributed by atoms with E-state index in [0.29, 0.717) is 36.9 Å². The number of primary amides is 2. The number of nitrogens with zero attached hydrogens (tertiary/aromatic N) is 1. The standard InChI is InChI=1S/C46H67N13O12/c1-5-24(4)39-46(71)58-33(17-27-19-49-22-53-27)43(68)57-34(18-35(47)61)44(69)55-30(10-11-37(63)51-21-38(64)54-32(45(70)59-39)15-25-6-8-28(60)9-7-25)41(66)50-13-12-26-16-29(26)40(65)56-31(14-23(2)3)42(67)52-20-36(48)62/h6-9,19,22-24,26,29-34,39,60H,5,10-18,20-21H2,1-4H3,(H2,47,61)(H2,48,62)(H,49,53)(H,50,66)(H,51,63)(H,52,67)(H,54,64)(H,55,69)(H,56,65)(H,57,68)(H,58,71)(H,59,70). The van der Waals surface area contributed by atoms with E-state index in [-0.39, 0.29) is 49.3 Å². The van der Waals surface area contributed by atoms with Crippen molar-refractivity contribution in [2.75, 3.05) is 19.6 Å². The van der Waals surface area contributed by atoms with Crippen LogP contribution in [0.25, 0.3) is 0 Å². The fourth-order valence-corrected chi connectivity index (χ4v) is 7.80. The highest BCUT2D eigenvalue weighted by Gasteiger charge is 2.44.